The van der Waals surface area contributed by atoms with E-state index >= 15 is 0 Å². The summed E-state index contributed by atoms with van der Waals surface area (Å²) in [5.74, 6) is -1.75. The van der Waals surface area contributed by atoms with Crippen LogP contribution in [0.15, 0.2) is 18.2 Å². The van der Waals surface area contributed by atoms with E-state index in [1.807, 2.05) is 0 Å². The molecule has 0 spiro atoms. The molecule has 0 aliphatic carbocycles. The Morgan fingerprint density at radius 3 is 2.60 bits per heavy atom. The topological polar surface area (TPSA) is 89.6 Å². The van der Waals surface area contributed by atoms with Crippen molar-refractivity contribution < 1.29 is 18.5 Å². The van der Waals surface area contributed by atoms with Crippen molar-refractivity contribution in [3.8, 4) is 0 Å². The molecule has 0 saturated heterocycles. The van der Waals surface area contributed by atoms with Crippen LogP contribution in [0.4, 0.5) is 5.69 Å². The summed E-state index contributed by atoms with van der Waals surface area (Å²) in [5.41, 5.74) is 5.69. The number of hydrogen-bond acceptors (Lipinski definition) is 4. The van der Waals surface area contributed by atoms with Gasteiger partial charge in [-0.05, 0) is 0 Å². The predicted octanol–water partition coefficient (Wildman–Crippen LogP) is 0.897. The number of carbonyl (C=O) groups is 2. The molecule has 0 fully saturated rings. The van der Waals surface area contributed by atoms with Gasteiger partial charge in [0, 0.05) is 0 Å². The Balaban J connectivity index is 3.03. The van der Waals surface area contributed by atoms with Gasteiger partial charge in [0.05, 0.1) is 0 Å². The molecule has 0 heterocycles. The number of anilines is 1. The molecule has 0 aliphatic rings. The molecular formula is C8H6AlClNO4+. The molecule has 0 saturated carbocycles. The second kappa shape index (κ2) is 5.03. The first-order valence-corrected chi connectivity index (χ1v) is 6.03. The molecule has 0 aliphatic heterocycles. The van der Waals surface area contributed by atoms with Crippen molar-refractivity contribution in [2.75, 3.05) is 5.73 Å². The SMILES string of the molecule is Nc1cc(C(=O)O)ccc1C(=O)[O][Al+][Cl]. The van der Waals surface area contributed by atoms with Crippen molar-refractivity contribution in [1.29, 1.82) is 0 Å². The van der Waals surface area contributed by atoms with E-state index in [1.165, 1.54) is 18.2 Å². The number of nitrogens with two attached hydrogens (primary N) is 1. The van der Waals surface area contributed by atoms with Crippen molar-refractivity contribution in [2.45, 2.75) is 0 Å². The van der Waals surface area contributed by atoms with Gasteiger partial charge in [0.1, 0.15) is 0 Å². The van der Waals surface area contributed by atoms with Gasteiger partial charge in [-0.2, -0.15) is 0 Å². The Morgan fingerprint density at radius 1 is 1.47 bits per heavy atom. The molecule has 0 amide bonds. The summed E-state index contributed by atoms with van der Waals surface area (Å²) < 4.78 is 4.59. The number of carboxylic acid groups (broad SMARTS) is 1. The Hall–Kier alpha value is -1.22. The molecule has 0 bridgehead atoms. The van der Waals surface area contributed by atoms with Crippen LogP contribution < -0.4 is 5.73 Å². The summed E-state index contributed by atoms with van der Waals surface area (Å²) in [6.45, 7) is 0. The molecular weight excluding hydrogens is 237 g/mol. The van der Waals surface area contributed by atoms with E-state index in [0.717, 1.165) is 0 Å². The second-order valence-electron chi connectivity index (χ2n) is 2.60. The van der Waals surface area contributed by atoms with E-state index in [4.69, 9.17) is 20.9 Å². The zero-order valence-corrected chi connectivity index (χ0v) is 9.35. The molecule has 5 nitrogen and oxygen atoms in total. The molecule has 0 atom stereocenters. The van der Waals surface area contributed by atoms with E-state index in [9.17, 15) is 9.59 Å². The monoisotopic (exact) mass is 242 g/mol. The summed E-state index contributed by atoms with van der Waals surface area (Å²) in [6.07, 6.45) is 0. The Labute approximate surface area is 96.0 Å². The van der Waals surface area contributed by atoms with Crippen molar-refractivity contribution in [1.82, 2.24) is 0 Å². The number of hydrogen-bond donors (Lipinski definition) is 2. The summed E-state index contributed by atoms with van der Waals surface area (Å²) in [5, 5.41) is 8.65. The third-order valence-electron chi connectivity index (χ3n) is 1.67. The molecule has 7 heteroatoms. The van der Waals surface area contributed by atoms with Crippen LogP contribution in [0.1, 0.15) is 20.7 Å². The average Bonchev–Trinajstić information content (AvgIpc) is 2.17. The quantitative estimate of drug-likeness (QED) is 0.607. The van der Waals surface area contributed by atoms with Crippen LogP contribution in [-0.4, -0.2) is 31.7 Å². The predicted molar refractivity (Wildman–Crippen MR) is 54.8 cm³/mol. The normalized spacial score (nSPS) is 9.13. The van der Waals surface area contributed by atoms with E-state index < -0.39 is 26.6 Å². The van der Waals surface area contributed by atoms with Crippen molar-refractivity contribution in [3.05, 3.63) is 29.3 Å². The van der Waals surface area contributed by atoms with Crippen LogP contribution in [0.2, 0.25) is 0 Å². The van der Waals surface area contributed by atoms with Gasteiger partial charge >= 0.3 is 95.9 Å². The fourth-order valence-corrected chi connectivity index (χ4v) is 1.44. The number of carbonyl (C=O) groups excluding carboxylic acids is 1. The van der Waals surface area contributed by atoms with Crippen LogP contribution in [0.5, 0.6) is 0 Å². The average molecular weight is 243 g/mol. The first-order chi connectivity index (χ1) is 7.06. The van der Waals surface area contributed by atoms with Gasteiger partial charge in [-0.1, -0.05) is 0 Å². The molecule has 3 N–H and O–H groups in total. The second-order valence-corrected chi connectivity index (χ2v) is 3.55. The van der Waals surface area contributed by atoms with Gasteiger partial charge in [0.15, 0.2) is 0 Å². The van der Waals surface area contributed by atoms with Crippen LogP contribution in [0.3, 0.4) is 0 Å². The van der Waals surface area contributed by atoms with E-state index in [0.29, 0.717) is 0 Å². The molecule has 0 aromatic heterocycles. The first-order valence-electron chi connectivity index (χ1n) is 3.82. The number of halogens is 1. The Bertz CT molecular complexity index is 410. The Morgan fingerprint density at radius 2 is 2.13 bits per heavy atom. The Kier molecular flexibility index (Phi) is 3.98. The summed E-state index contributed by atoms with van der Waals surface area (Å²) in [7, 11) is 5.29. The standard InChI is InChI=1S/C8H7NO4.Al.ClH/c9-6-3-4(7(10)11)1-2-5(6)8(12)13;;/h1-3H,9H2,(H,10,11)(H,12,13);;1H/q;+3;/p-2. The molecule has 76 valence electrons. The minimum absolute atomic E-state index is 0.0160. The maximum atomic E-state index is 11.2. The van der Waals surface area contributed by atoms with E-state index in [2.05, 4.69) is 3.79 Å². The number of aromatic carboxylic acids is 1. The van der Waals surface area contributed by atoms with Gasteiger partial charge in [-0.25, -0.2) is 0 Å². The van der Waals surface area contributed by atoms with Crippen LogP contribution in [-0.2, 0) is 3.79 Å². The molecule has 0 unspecified atom stereocenters. The first kappa shape index (κ1) is 11.9. The fourth-order valence-electron chi connectivity index (χ4n) is 0.986. The fraction of sp³-hybridized carbons (Fsp3) is 0. The van der Waals surface area contributed by atoms with E-state index in [1.54, 1.807) is 0 Å². The molecule has 15 heavy (non-hydrogen) atoms. The molecule has 1 rings (SSSR count). The number of rotatable bonds is 3. The number of nitrogen functional groups attached to an aromatic ring is 1. The summed E-state index contributed by atoms with van der Waals surface area (Å²) in [4.78, 5) is 21.8. The van der Waals surface area contributed by atoms with Gasteiger partial charge in [-0.3, -0.25) is 0 Å². The third-order valence-corrected chi connectivity index (χ3v) is 2.24. The molecule has 0 radical (unpaired) electrons. The van der Waals surface area contributed by atoms with Crippen LogP contribution in [0, 0.1) is 0 Å². The van der Waals surface area contributed by atoms with Crippen LogP contribution in [0.25, 0.3) is 0 Å². The molecule has 1 aromatic carbocycles. The van der Waals surface area contributed by atoms with Gasteiger partial charge in [0.25, 0.3) is 0 Å². The third kappa shape index (κ3) is 2.86. The molecule has 1 aromatic rings. The van der Waals surface area contributed by atoms with Gasteiger partial charge in [-0.15, -0.1) is 0 Å². The number of benzene rings is 1. The van der Waals surface area contributed by atoms with Crippen molar-refractivity contribution in [2.24, 2.45) is 0 Å². The van der Waals surface area contributed by atoms with E-state index in [-0.39, 0.29) is 16.8 Å². The summed E-state index contributed by atoms with van der Waals surface area (Å²) in [6, 6.07) is 3.77. The zero-order chi connectivity index (χ0) is 11.4. The maximum absolute atomic E-state index is 11.2. The number of carboxylic acids is 1. The summed E-state index contributed by atoms with van der Waals surface area (Å²) >= 11 is -0.932. The minimum atomic E-state index is -1.11. The van der Waals surface area contributed by atoms with Crippen molar-refractivity contribution in [3.63, 3.8) is 0 Å². The zero-order valence-electron chi connectivity index (χ0n) is 7.44. The van der Waals surface area contributed by atoms with Gasteiger partial charge < -0.3 is 0 Å². The van der Waals surface area contributed by atoms with Gasteiger partial charge in [0.2, 0.25) is 0 Å². The van der Waals surface area contributed by atoms with Crippen LogP contribution >= 0.6 is 10.0 Å². The van der Waals surface area contributed by atoms with Crippen molar-refractivity contribution >= 4 is 42.3 Å².